The summed E-state index contributed by atoms with van der Waals surface area (Å²) in [5.41, 5.74) is 3.54. The standard InChI is InChI=1S/C18H24N4O2.2ClH/c1-23-14-4-3-13(17(11-14)24-2)5-10-20-18-15-6-8-19-9-7-16(15)21-12-22-18;;/h3-4,11-12,19H,5-10H2,1-2H3,(H,20,21,22);2*1H. The number of rotatable bonds is 6. The van der Waals surface area contributed by atoms with Crippen LogP contribution in [0.25, 0.3) is 0 Å². The van der Waals surface area contributed by atoms with Gasteiger partial charge in [0.2, 0.25) is 0 Å². The second-order valence-electron chi connectivity index (χ2n) is 5.75. The van der Waals surface area contributed by atoms with Gasteiger partial charge in [0, 0.05) is 31.1 Å². The Morgan fingerprint density at radius 2 is 1.88 bits per heavy atom. The van der Waals surface area contributed by atoms with Crippen molar-refractivity contribution in [1.29, 1.82) is 0 Å². The maximum atomic E-state index is 5.46. The average molecular weight is 401 g/mol. The van der Waals surface area contributed by atoms with Crippen molar-refractivity contribution in [2.45, 2.75) is 19.3 Å². The molecule has 3 rings (SSSR count). The molecule has 0 fully saturated rings. The fraction of sp³-hybridized carbons (Fsp3) is 0.444. The van der Waals surface area contributed by atoms with Gasteiger partial charge >= 0.3 is 0 Å². The zero-order chi connectivity index (χ0) is 16.8. The Morgan fingerprint density at radius 3 is 2.65 bits per heavy atom. The Labute approximate surface area is 166 Å². The number of methoxy groups -OCH3 is 2. The molecular weight excluding hydrogens is 375 g/mol. The summed E-state index contributed by atoms with van der Waals surface area (Å²) in [5, 5.41) is 6.87. The van der Waals surface area contributed by atoms with Crippen LogP contribution < -0.4 is 20.1 Å². The molecule has 0 radical (unpaired) electrons. The first-order valence-electron chi connectivity index (χ1n) is 8.30. The lowest BCUT2D eigenvalue weighted by Crippen LogP contribution is -2.16. The SMILES string of the molecule is COc1ccc(CCNc2ncnc3c2CCNCC3)c(OC)c1.Cl.Cl. The lowest BCUT2D eigenvalue weighted by Gasteiger charge is -2.14. The third-order valence-electron chi connectivity index (χ3n) is 4.31. The lowest BCUT2D eigenvalue weighted by molar-refractivity contribution is 0.391. The summed E-state index contributed by atoms with van der Waals surface area (Å²) in [6.07, 6.45) is 4.42. The first-order chi connectivity index (χ1) is 11.8. The van der Waals surface area contributed by atoms with E-state index in [1.807, 2.05) is 18.2 Å². The van der Waals surface area contributed by atoms with Crippen LogP contribution in [0.15, 0.2) is 24.5 Å². The van der Waals surface area contributed by atoms with E-state index in [0.717, 1.165) is 67.5 Å². The molecule has 0 unspecified atom stereocenters. The molecule has 1 aromatic heterocycles. The number of nitrogens with one attached hydrogen (secondary N) is 2. The number of aromatic nitrogens is 2. The van der Waals surface area contributed by atoms with E-state index >= 15 is 0 Å². The fourth-order valence-corrected chi connectivity index (χ4v) is 3.00. The van der Waals surface area contributed by atoms with Crippen molar-refractivity contribution >= 4 is 30.6 Å². The summed E-state index contributed by atoms with van der Waals surface area (Å²) < 4.78 is 10.7. The molecule has 26 heavy (non-hydrogen) atoms. The highest BCUT2D eigenvalue weighted by molar-refractivity contribution is 5.85. The monoisotopic (exact) mass is 400 g/mol. The van der Waals surface area contributed by atoms with Crippen molar-refractivity contribution in [2.75, 3.05) is 39.2 Å². The van der Waals surface area contributed by atoms with E-state index in [2.05, 4.69) is 20.6 Å². The summed E-state index contributed by atoms with van der Waals surface area (Å²) in [6, 6.07) is 5.92. The van der Waals surface area contributed by atoms with Crippen LogP contribution in [0.4, 0.5) is 5.82 Å². The molecule has 1 aliphatic heterocycles. The molecule has 0 aliphatic carbocycles. The number of fused-ring (bicyclic) bond motifs is 1. The molecule has 8 heteroatoms. The van der Waals surface area contributed by atoms with Gasteiger partial charge in [-0.15, -0.1) is 24.8 Å². The van der Waals surface area contributed by atoms with E-state index in [9.17, 15) is 0 Å². The number of hydrogen-bond donors (Lipinski definition) is 2. The summed E-state index contributed by atoms with van der Waals surface area (Å²) in [5.74, 6) is 2.61. The van der Waals surface area contributed by atoms with E-state index in [0.29, 0.717) is 0 Å². The highest BCUT2D eigenvalue weighted by Gasteiger charge is 2.14. The third-order valence-corrected chi connectivity index (χ3v) is 4.31. The maximum Gasteiger partial charge on any atom is 0.132 e. The Bertz CT molecular complexity index is 701. The minimum absolute atomic E-state index is 0. The van der Waals surface area contributed by atoms with E-state index in [1.54, 1.807) is 20.5 Å². The Balaban J connectivity index is 0.00000169. The average Bonchev–Trinajstić information content (AvgIpc) is 2.88. The maximum absolute atomic E-state index is 5.46. The van der Waals surface area contributed by atoms with Crippen LogP contribution in [0.3, 0.4) is 0 Å². The van der Waals surface area contributed by atoms with Gasteiger partial charge < -0.3 is 20.1 Å². The van der Waals surface area contributed by atoms with Crippen molar-refractivity contribution < 1.29 is 9.47 Å². The van der Waals surface area contributed by atoms with Gasteiger partial charge in [0.25, 0.3) is 0 Å². The van der Waals surface area contributed by atoms with Crippen LogP contribution >= 0.6 is 24.8 Å². The van der Waals surface area contributed by atoms with Gasteiger partial charge in [-0.25, -0.2) is 9.97 Å². The molecule has 0 atom stereocenters. The number of ether oxygens (including phenoxy) is 2. The molecule has 0 saturated carbocycles. The van der Waals surface area contributed by atoms with Crippen LogP contribution in [-0.2, 0) is 19.3 Å². The van der Waals surface area contributed by atoms with Crippen LogP contribution in [-0.4, -0.2) is 43.8 Å². The molecule has 144 valence electrons. The van der Waals surface area contributed by atoms with Gasteiger partial charge in [0.05, 0.1) is 19.9 Å². The molecule has 2 N–H and O–H groups in total. The van der Waals surface area contributed by atoms with E-state index in [1.165, 1.54) is 5.56 Å². The number of benzene rings is 1. The van der Waals surface area contributed by atoms with Crippen molar-refractivity contribution in [3.05, 3.63) is 41.3 Å². The quantitative estimate of drug-likeness (QED) is 0.776. The van der Waals surface area contributed by atoms with E-state index < -0.39 is 0 Å². The summed E-state index contributed by atoms with van der Waals surface area (Å²) >= 11 is 0. The number of anilines is 1. The molecule has 2 heterocycles. The van der Waals surface area contributed by atoms with Crippen LogP contribution in [0.5, 0.6) is 11.5 Å². The second-order valence-corrected chi connectivity index (χ2v) is 5.75. The van der Waals surface area contributed by atoms with Crippen LogP contribution in [0, 0.1) is 0 Å². The van der Waals surface area contributed by atoms with Crippen molar-refractivity contribution in [1.82, 2.24) is 15.3 Å². The topological polar surface area (TPSA) is 68.3 Å². The minimum Gasteiger partial charge on any atom is -0.497 e. The molecule has 0 amide bonds. The predicted octanol–water partition coefficient (Wildman–Crippen LogP) is 2.68. The van der Waals surface area contributed by atoms with Crippen molar-refractivity contribution in [3.63, 3.8) is 0 Å². The molecule has 1 aromatic carbocycles. The first-order valence-corrected chi connectivity index (χ1v) is 8.30. The molecule has 1 aliphatic rings. The third kappa shape index (κ3) is 5.37. The van der Waals surface area contributed by atoms with E-state index in [-0.39, 0.29) is 24.8 Å². The van der Waals surface area contributed by atoms with Gasteiger partial charge in [0.15, 0.2) is 0 Å². The number of halogens is 2. The Morgan fingerprint density at radius 1 is 1.08 bits per heavy atom. The predicted molar refractivity (Wildman–Crippen MR) is 109 cm³/mol. The largest absolute Gasteiger partial charge is 0.497 e. The first kappa shape index (κ1) is 22.3. The molecule has 0 spiro atoms. The summed E-state index contributed by atoms with van der Waals surface area (Å²) in [4.78, 5) is 8.86. The fourth-order valence-electron chi connectivity index (χ4n) is 3.00. The van der Waals surface area contributed by atoms with E-state index in [4.69, 9.17) is 9.47 Å². The Kier molecular flexibility index (Phi) is 9.48. The summed E-state index contributed by atoms with van der Waals surface area (Å²) in [6.45, 7) is 2.74. The zero-order valence-electron chi connectivity index (χ0n) is 15.1. The molecule has 0 saturated heterocycles. The highest BCUT2D eigenvalue weighted by Crippen LogP contribution is 2.25. The second kappa shape index (κ2) is 11.1. The van der Waals surface area contributed by atoms with Crippen LogP contribution in [0.1, 0.15) is 16.8 Å². The Hall–Kier alpha value is -1.76. The van der Waals surface area contributed by atoms with Gasteiger partial charge in [-0.05, 0) is 31.0 Å². The van der Waals surface area contributed by atoms with Crippen LogP contribution in [0.2, 0.25) is 0 Å². The van der Waals surface area contributed by atoms with Gasteiger partial charge in [0.1, 0.15) is 23.6 Å². The van der Waals surface area contributed by atoms with Crippen molar-refractivity contribution in [3.8, 4) is 11.5 Å². The van der Waals surface area contributed by atoms with Gasteiger partial charge in [-0.3, -0.25) is 0 Å². The van der Waals surface area contributed by atoms with Crippen molar-refractivity contribution in [2.24, 2.45) is 0 Å². The zero-order valence-corrected chi connectivity index (χ0v) is 16.7. The molecule has 2 aromatic rings. The normalized spacial score (nSPS) is 12.7. The molecular formula is C18H26Cl2N4O2. The van der Waals surface area contributed by atoms with Gasteiger partial charge in [-0.1, -0.05) is 6.07 Å². The smallest absolute Gasteiger partial charge is 0.132 e. The summed E-state index contributed by atoms with van der Waals surface area (Å²) in [7, 11) is 3.34. The molecule has 6 nitrogen and oxygen atoms in total. The van der Waals surface area contributed by atoms with Gasteiger partial charge in [-0.2, -0.15) is 0 Å². The number of hydrogen-bond acceptors (Lipinski definition) is 6. The number of nitrogens with zero attached hydrogens (tertiary/aromatic N) is 2. The lowest BCUT2D eigenvalue weighted by atomic mass is 10.1. The molecule has 0 bridgehead atoms. The minimum atomic E-state index is 0. The highest BCUT2D eigenvalue weighted by atomic mass is 35.5.